The summed E-state index contributed by atoms with van der Waals surface area (Å²) in [5.41, 5.74) is 4.00. The molecule has 2 heterocycles. The molecule has 0 radical (unpaired) electrons. The van der Waals surface area contributed by atoms with Gasteiger partial charge in [0.05, 0.1) is 5.69 Å². The second-order valence-corrected chi connectivity index (χ2v) is 5.66. The van der Waals surface area contributed by atoms with Gasteiger partial charge in [0.15, 0.2) is 0 Å². The predicted molar refractivity (Wildman–Crippen MR) is 87.3 cm³/mol. The van der Waals surface area contributed by atoms with Crippen molar-refractivity contribution in [3.63, 3.8) is 0 Å². The van der Waals surface area contributed by atoms with Crippen LogP contribution in [0.25, 0.3) is 5.65 Å². The third kappa shape index (κ3) is 2.70. The number of carbonyl (C=O) groups excluding carboxylic acids is 1. The summed E-state index contributed by atoms with van der Waals surface area (Å²) < 4.78 is 1.83. The number of aromatic nitrogens is 2. The van der Waals surface area contributed by atoms with Gasteiger partial charge in [-0.25, -0.2) is 4.98 Å². The lowest BCUT2D eigenvalue weighted by Gasteiger charge is -2.08. The lowest BCUT2D eigenvalue weighted by atomic mass is 10.2. The molecule has 22 heavy (non-hydrogen) atoms. The zero-order chi connectivity index (χ0) is 15.7. The van der Waals surface area contributed by atoms with Crippen molar-refractivity contribution in [1.29, 1.82) is 0 Å². The van der Waals surface area contributed by atoms with Crippen LogP contribution >= 0.6 is 11.6 Å². The van der Waals surface area contributed by atoms with Crippen LogP contribution in [-0.2, 0) is 6.54 Å². The van der Waals surface area contributed by atoms with Crippen molar-refractivity contribution in [3.05, 3.63) is 70.1 Å². The largest absolute Gasteiger partial charge is 0.347 e. The first-order valence-corrected chi connectivity index (χ1v) is 7.41. The van der Waals surface area contributed by atoms with E-state index >= 15 is 0 Å². The molecule has 0 fully saturated rings. The molecule has 0 unspecified atom stereocenters. The maximum atomic E-state index is 12.5. The van der Waals surface area contributed by atoms with E-state index in [0.717, 1.165) is 16.8 Å². The zero-order valence-corrected chi connectivity index (χ0v) is 13.2. The Morgan fingerprint density at radius 3 is 2.77 bits per heavy atom. The van der Waals surface area contributed by atoms with Crippen LogP contribution in [0.5, 0.6) is 0 Å². The summed E-state index contributed by atoms with van der Waals surface area (Å²) in [6.07, 6.45) is 1.92. The van der Waals surface area contributed by atoms with Crippen LogP contribution < -0.4 is 5.32 Å². The smallest absolute Gasteiger partial charge is 0.270 e. The van der Waals surface area contributed by atoms with Crippen molar-refractivity contribution in [2.24, 2.45) is 0 Å². The standard InChI is InChI=1S/C17H16ClN3O/c1-11-7-8-15-20-12(2)16(21(15)10-11)17(22)19-9-13-5-3-4-6-14(13)18/h3-8,10H,9H2,1-2H3,(H,19,22). The lowest BCUT2D eigenvalue weighted by Crippen LogP contribution is -2.25. The lowest BCUT2D eigenvalue weighted by molar-refractivity contribution is 0.0944. The molecule has 2 aromatic heterocycles. The molecule has 3 rings (SSSR count). The molecule has 112 valence electrons. The van der Waals surface area contributed by atoms with Crippen LogP contribution in [0.15, 0.2) is 42.6 Å². The quantitative estimate of drug-likeness (QED) is 0.804. The average molecular weight is 314 g/mol. The molecular formula is C17H16ClN3O. The Balaban J connectivity index is 1.88. The maximum absolute atomic E-state index is 12.5. The van der Waals surface area contributed by atoms with Crippen LogP contribution in [0.2, 0.25) is 5.02 Å². The van der Waals surface area contributed by atoms with Crippen molar-refractivity contribution in [2.75, 3.05) is 0 Å². The molecule has 0 spiro atoms. The van der Waals surface area contributed by atoms with Gasteiger partial charge in [-0.15, -0.1) is 0 Å². The molecule has 0 saturated heterocycles. The number of fused-ring (bicyclic) bond motifs is 1. The predicted octanol–water partition coefficient (Wildman–Crippen LogP) is 3.53. The number of hydrogen-bond acceptors (Lipinski definition) is 2. The highest BCUT2D eigenvalue weighted by molar-refractivity contribution is 6.31. The molecule has 0 aliphatic rings. The fraction of sp³-hybridized carbons (Fsp3) is 0.176. The van der Waals surface area contributed by atoms with Gasteiger partial charge in [-0.1, -0.05) is 35.9 Å². The van der Waals surface area contributed by atoms with Gasteiger partial charge in [0.25, 0.3) is 5.91 Å². The van der Waals surface area contributed by atoms with Gasteiger partial charge in [0, 0.05) is 17.8 Å². The van der Waals surface area contributed by atoms with E-state index in [4.69, 9.17) is 11.6 Å². The van der Waals surface area contributed by atoms with E-state index < -0.39 is 0 Å². The third-order valence-corrected chi connectivity index (χ3v) is 3.92. The molecule has 0 atom stereocenters. The highest BCUT2D eigenvalue weighted by atomic mass is 35.5. The van der Waals surface area contributed by atoms with E-state index in [1.165, 1.54) is 0 Å². The number of nitrogens with zero attached hydrogens (tertiary/aromatic N) is 2. The normalized spacial score (nSPS) is 10.9. The number of halogens is 1. The molecule has 5 heteroatoms. The molecule has 0 aliphatic heterocycles. The maximum Gasteiger partial charge on any atom is 0.270 e. The van der Waals surface area contributed by atoms with Crippen molar-refractivity contribution in [2.45, 2.75) is 20.4 Å². The Hall–Kier alpha value is -2.33. The highest BCUT2D eigenvalue weighted by Crippen LogP contribution is 2.16. The van der Waals surface area contributed by atoms with Crippen molar-refractivity contribution in [1.82, 2.24) is 14.7 Å². The Morgan fingerprint density at radius 1 is 1.23 bits per heavy atom. The van der Waals surface area contributed by atoms with Gasteiger partial charge in [-0.2, -0.15) is 0 Å². The number of pyridine rings is 1. The molecule has 3 aromatic rings. The summed E-state index contributed by atoms with van der Waals surface area (Å²) in [6.45, 7) is 4.21. The third-order valence-electron chi connectivity index (χ3n) is 3.55. The van der Waals surface area contributed by atoms with E-state index in [-0.39, 0.29) is 5.91 Å². The summed E-state index contributed by atoms with van der Waals surface area (Å²) in [6, 6.07) is 11.4. The molecule has 1 N–H and O–H groups in total. The van der Waals surface area contributed by atoms with Crippen LogP contribution in [0, 0.1) is 13.8 Å². The van der Waals surface area contributed by atoms with E-state index in [1.807, 2.05) is 60.8 Å². The van der Waals surface area contributed by atoms with E-state index in [2.05, 4.69) is 10.3 Å². The van der Waals surface area contributed by atoms with E-state index in [1.54, 1.807) is 0 Å². The van der Waals surface area contributed by atoms with E-state index in [9.17, 15) is 4.79 Å². The first kappa shape index (κ1) is 14.6. The van der Waals surface area contributed by atoms with Crippen molar-refractivity contribution < 1.29 is 4.79 Å². The first-order chi connectivity index (χ1) is 10.6. The monoisotopic (exact) mass is 313 g/mol. The number of carbonyl (C=O) groups is 1. The van der Waals surface area contributed by atoms with Gasteiger partial charge in [-0.05, 0) is 37.1 Å². The molecule has 0 saturated carbocycles. The Bertz CT molecular complexity index is 854. The number of amides is 1. The van der Waals surface area contributed by atoms with Gasteiger partial charge < -0.3 is 5.32 Å². The second-order valence-electron chi connectivity index (χ2n) is 5.25. The molecule has 1 aromatic carbocycles. The minimum Gasteiger partial charge on any atom is -0.347 e. The fourth-order valence-corrected chi connectivity index (χ4v) is 2.65. The minimum absolute atomic E-state index is 0.157. The molecule has 1 amide bonds. The SMILES string of the molecule is Cc1ccc2nc(C)c(C(=O)NCc3ccccc3Cl)n2c1. The number of nitrogens with one attached hydrogen (secondary N) is 1. The first-order valence-electron chi connectivity index (χ1n) is 7.03. The summed E-state index contributed by atoms with van der Waals surface area (Å²) in [5, 5.41) is 3.56. The average Bonchev–Trinajstić information content (AvgIpc) is 2.81. The topological polar surface area (TPSA) is 46.4 Å². The molecule has 0 bridgehead atoms. The van der Waals surface area contributed by atoms with Crippen LogP contribution in [-0.4, -0.2) is 15.3 Å². The van der Waals surface area contributed by atoms with Crippen LogP contribution in [0.1, 0.15) is 27.3 Å². The van der Waals surface area contributed by atoms with Crippen LogP contribution in [0.4, 0.5) is 0 Å². The number of rotatable bonds is 3. The summed E-state index contributed by atoms with van der Waals surface area (Å²) in [7, 11) is 0. The van der Waals surface area contributed by atoms with Crippen molar-refractivity contribution in [3.8, 4) is 0 Å². The molecule has 0 aliphatic carbocycles. The zero-order valence-electron chi connectivity index (χ0n) is 12.4. The van der Waals surface area contributed by atoms with Gasteiger partial charge in [-0.3, -0.25) is 9.20 Å². The number of aryl methyl sites for hydroxylation is 2. The highest BCUT2D eigenvalue weighted by Gasteiger charge is 2.16. The minimum atomic E-state index is -0.157. The summed E-state index contributed by atoms with van der Waals surface area (Å²) in [4.78, 5) is 16.9. The number of benzene rings is 1. The van der Waals surface area contributed by atoms with Crippen LogP contribution in [0.3, 0.4) is 0 Å². The molecular weight excluding hydrogens is 298 g/mol. The Labute approximate surface area is 133 Å². The second kappa shape index (κ2) is 5.81. The van der Waals surface area contributed by atoms with Gasteiger partial charge >= 0.3 is 0 Å². The fourth-order valence-electron chi connectivity index (χ4n) is 2.44. The Morgan fingerprint density at radius 2 is 2.00 bits per heavy atom. The number of imidazole rings is 1. The summed E-state index contributed by atoms with van der Waals surface area (Å²) >= 11 is 6.11. The van der Waals surface area contributed by atoms with Gasteiger partial charge in [0.1, 0.15) is 11.3 Å². The molecule has 4 nitrogen and oxygen atoms in total. The van der Waals surface area contributed by atoms with Gasteiger partial charge in [0.2, 0.25) is 0 Å². The van der Waals surface area contributed by atoms with Crippen molar-refractivity contribution >= 4 is 23.2 Å². The summed E-state index contributed by atoms with van der Waals surface area (Å²) in [5.74, 6) is -0.157. The number of hydrogen-bond donors (Lipinski definition) is 1. The Kier molecular flexibility index (Phi) is 3.86. The van der Waals surface area contributed by atoms with E-state index in [0.29, 0.717) is 23.0 Å².